The number of hydrogen-bond donors (Lipinski definition) is 1. The van der Waals surface area contributed by atoms with Crippen LogP contribution in [0.25, 0.3) is 0 Å². The van der Waals surface area contributed by atoms with Crippen LogP contribution in [0.2, 0.25) is 0 Å². The van der Waals surface area contributed by atoms with Crippen LogP contribution < -0.4 is 10.1 Å². The van der Waals surface area contributed by atoms with Gasteiger partial charge in [-0.1, -0.05) is 19.1 Å². The molecule has 1 aromatic carbocycles. The third-order valence-corrected chi connectivity index (χ3v) is 3.64. The van der Waals surface area contributed by atoms with Gasteiger partial charge in [0.05, 0.1) is 12.7 Å². The quantitative estimate of drug-likeness (QED) is 0.826. The molecule has 20 heavy (non-hydrogen) atoms. The Hall–Kier alpha value is -1.06. The average Bonchev–Trinajstić information content (AvgIpc) is 2.93. The van der Waals surface area contributed by atoms with Crippen molar-refractivity contribution in [3.8, 4) is 5.75 Å². The Balaban J connectivity index is 2.14. The van der Waals surface area contributed by atoms with E-state index in [1.54, 1.807) is 0 Å². The molecule has 3 heteroatoms. The van der Waals surface area contributed by atoms with Crippen LogP contribution in [0.4, 0.5) is 0 Å². The van der Waals surface area contributed by atoms with Gasteiger partial charge in [-0.2, -0.15) is 0 Å². The van der Waals surface area contributed by atoms with Gasteiger partial charge in [0.2, 0.25) is 0 Å². The molecule has 0 spiro atoms. The van der Waals surface area contributed by atoms with Crippen LogP contribution in [0.15, 0.2) is 24.3 Å². The summed E-state index contributed by atoms with van der Waals surface area (Å²) in [6, 6.07) is 8.85. The summed E-state index contributed by atoms with van der Waals surface area (Å²) in [5.74, 6) is 1.52. The smallest absolute Gasteiger partial charge is 0.120 e. The van der Waals surface area contributed by atoms with E-state index in [0.717, 1.165) is 38.3 Å². The summed E-state index contributed by atoms with van der Waals surface area (Å²) in [6.07, 6.45) is 2.49. The Morgan fingerprint density at radius 1 is 1.40 bits per heavy atom. The zero-order valence-electron chi connectivity index (χ0n) is 12.9. The zero-order valence-corrected chi connectivity index (χ0v) is 12.9. The highest BCUT2D eigenvalue weighted by Gasteiger charge is 2.26. The summed E-state index contributed by atoms with van der Waals surface area (Å²) in [7, 11) is 0. The van der Waals surface area contributed by atoms with Crippen LogP contribution in [-0.2, 0) is 4.74 Å². The van der Waals surface area contributed by atoms with E-state index in [1.165, 1.54) is 5.56 Å². The first-order valence-corrected chi connectivity index (χ1v) is 7.78. The number of ether oxygens (including phenoxy) is 2. The molecule has 2 atom stereocenters. The molecule has 1 heterocycles. The third kappa shape index (κ3) is 4.22. The van der Waals surface area contributed by atoms with Crippen molar-refractivity contribution in [2.75, 3.05) is 19.8 Å². The summed E-state index contributed by atoms with van der Waals surface area (Å²) < 4.78 is 11.4. The maximum absolute atomic E-state index is 5.81. The molecule has 3 nitrogen and oxygen atoms in total. The van der Waals surface area contributed by atoms with Crippen molar-refractivity contribution < 1.29 is 9.47 Å². The van der Waals surface area contributed by atoms with Crippen molar-refractivity contribution in [1.29, 1.82) is 0 Å². The van der Waals surface area contributed by atoms with Crippen LogP contribution in [0, 0.1) is 5.92 Å². The SMILES string of the molecule is CCCNC(c1cccc(OC(C)C)c1)C1CCOC1. The maximum atomic E-state index is 5.81. The van der Waals surface area contributed by atoms with Crippen molar-refractivity contribution in [2.45, 2.75) is 45.8 Å². The van der Waals surface area contributed by atoms with Gasteiger partial charge in [0.25, 0.3) is 0 Å². The van der Waals surface area contributed by atoms with Crippen molar-refractivity contribution in [3.63, 3.8) is 0 Å². The molecule has 1 aliphatic rings. The summed E-state index contributed by atoms with van der Waals surface area (Å²) in [6.45, 7) is 9.10. The van der Waals surface area contributed by atoms with E-state index in [0.29, 0.717) is 12.0 Å². The minimum absolute atomic E-state index is 0.210. The van der Waals surface area contributed by atoms with E-state index in [-0.39, 0.29) is 6.10 Å². The van der Waals surface area contributed by atoms with Crippen molar-refractivity contribution >= 4 is 0 Å². The normalized spacial score (nSPS) is 20.3. The average molecular weight is 277 g/mol. The summed E-state index contributed by atoms with van der Waals surface area (Å²) >= 11 is 0. The number of hydrogen-bond acceptors (Lipinski definition) is 3. The van der Waals surface area contributed by atoms with Gasteiger partial charge in [-0.15, -0.1) is 0 Å². The highest BCUT2D eigenvalue weighted by Crippen LogP contribution is 2.30. The second kappa shape index (κ2) is 7.65. The van der Waals surface area contributed by atoms with Gasteiger partial charge in [-0.3, -0.25) is 0 Å². The molecule has 1 fully saturated rings. The fourth-order valence-corrected chi connectivity index (χ4v) is 2.73. The van der Waals surface area contributed by atoms with Crippen LogP contribution >= 0.6 is 0 Å². The Morgan fingerprint density at radius 3 is 2.90 bits per heavy atom. The fourth-order valence-electron chi connectivity index (χ4n) is 2.73. The van der Waals surface area contributed by atoms with Crippen LogP contribution in [0.1, 0.15) is 45.2 Å². The van der Waals surface area contributed by atoms with Gasteiger partial charge >= 0.3 is 0 Å². The first-order valence-electron chi connectivity index (χ1n) is 7.78. The Labute approximate surface area is 122 Å². The largest absolute Gasteiger partial charge is 0.491 e. The highest BCUT2D eigenvalue weighted by molar-refractivity contribution is 5.31. The molecule has 2 unspecified atom stereocenters. The van der Waals surface area contributed by atoms with Crippen molar-refractivity contribution in [2.24, 2.45) is 5.92 Å². The number of benzene rings is 1. The standard InChI is InChI=1S/C17H27NO2/c1-4-9-18-17(15-8-10-19-12-15)14-6-5-7-16(11-14)20-13(2)3/h5-7,11,13,15,17-18H,4,8-10,12H2,1-3H3. The minimum Gasteiger partial charge on any atom is -0.491 e. The fraction of sp³-hybridized carbons (Fsp3) is 0.647. The van der Waals surface area contributed by atoms with Crippen molar-refractivity contribution in [3.05, 3.63) is 29.8 Å². The molecule has 1 saturated heterocycles. The lowest BCUT2D eigenvalue weighted by Gasteiger charge is -2.25. The van der Waals surface area contributed by atoms with Gasteiger partial charge < -0.3 is 14.8 Å². The van der Waals surface area contributed by atoms with E-state index in [1.807, 2.05) is 6.07 Å². The molecule has 1 aromatic rings. The Bertz CT molecular complexity index is 400. The van der Waals surface area contributed by atoms with Crippen LogP contribution in [0.5, 0.6) is 5.75 Å². The molecule has 112 valence electrons. The Morgan fingerprint density at radius 2 is 2.25 bits per heavy atom. The predicted octanol–water partition coefficient (Wildman–Crippen LogP) is 3.55. The van der Waals surface area contributed by atoms with Crippen molar-refractivity contribution in [1.82, 2.24) is 5.32 Å². The minimum atomic E-state index is 0.210. The summed E-state index contributed by atoms with van der Waals surface area (Å²) in [4.78, 5) is 0. The third-order valence-electron chi connectivity index (χ3n) is 3.64. The molecule has 0 amide bonds. The first-order chi connectivity index (χ1) is 9.70. The lowest BCUT2D eigenvalue weighted by Crippen LogP contribution is -2.29. The Kier molecular flexibility index (Phi) is 5.86. The van der Waals surface area contributed by atoms with E-state index in [2.05, 4.69) is 44.3 Å². The van der Waals surface area contributed by atoms with Crippen LogP contribution in [-0.4, -0.2) is 25.9 Å². The first kappa shape index (κ1) is 15.3. The van der Waals surface area contributed by atoms with Gasteiger partial charge in [-0.05, 0) is 50.9 Å². The van der Waals surface area contributed by atoms with Gasteiger partial charge in [-0.25, -0.2) is 0 Å². The summed E-state index contributed by atoms with van der Waals surface area (Å²) in [5.41, 5.74) is 1.31. The molecule has 0 radical (unpaired) electrons. The molecular weight excluding hydrogens is 250 g/mol. The van der Waals surface area contributed by atoms with Gasteiger partial charge in [0.15, 0.2) is 0 Å². The zero-order chi connectivity index (χ0) is 14.4. The molecular formula is C17H27NO2. The topological polar surface area (TPSA) is 30.5 Å². The number of nitrogens with one attached hydrogen (secondary N) is 1. The molecule has 0 aliphatic carbocycles. The molecule has 1 aliphatic heterocycles. The summed E-state index contributed by atoms with van der Waals surface area (Å²) in [5, 5.41) is 3.67. The predicted molar refractivity (Wildman–Crippen MR) is 82.2 cm³/mol. The molecule has 0 bridgehead atoms. The molecule has 2 rings (SSSR count). The molecule has 0 aromatic heterocycles. The van der Waals surface area contributed by atoms with E-state index >= 15 is 0 Å². The maximum Gasteiger partial charge on any atom is 0.120 e. The van der Waals surface area contributed by atoms with E-state index in [9.17, 15) is 0 Å². The van der Waals surface area contributed by atoms with E-state index in [4.69, 9.17) is 9.47 Å². The van der Waals surface area contributed by atoms with Gasteiger partial charge in [0.1, 0.15) is 5.75 Å². The van der Waals surface area contributed by atoms with Crippen LogP contribution in [0.3, 0.4) is 0 Å². The highest BCUT2D eigenvalue weighted by atomic mass is 16.5. The lowest BCUT2D eigenvalue weighted by atomic mass is 9.92. The lowest BCUT2D eigenvalue weighted by molar-refractivity contribution is 0.176. The van der Waals surface area contributed by atoms with E-state index < -0.39 is 0 Å². The second-order valence-corrected chi connectivity index (χ2v) is 5.79. The number of rotatable bonds is 7. The second-order valence-electron chi connectivity index (χ2n) is 5.79. The monoisotopic (exact) mass is 277 g/mol. The molecule has 1 N–H and O–H groups in total. The van der Waals surface area contributed by atoms with Gasteiger partial charge in [0, 0.05) is 18.6 Å². The molecule has 0 saturated carbocycles.